The third kappa shape index (κ3) is 14.7. The number of carbonyl (C=O) groups excluding carboxylic acids is 4. The second kappa shape index (κ2) is 21.0. The van der Waals surface area contributed by atoms with Crippen molar-refractivity contribution in [1.82, 2.24) is 19.9 Å². The van der Waals surface area contributed by atoms with Gasteiger partial charge in [-0.3, -0.25) is 39.4 Å². The Hall–Kier alpha value is -8.23. The van der Waals surface area contributed by atoms with Crippen LogP contribution in [0.25, 0.3) is 11.4 Å². The summed E-state index contributed by atoms with van der Waals surface area (Å²) in [6, 6.07) is 23.8. The number of anilines is 1. The van der Waals surface area contributed by atoms with E-state index in [0.717, 1.165) is 5.56 Å². The number of nitrogen functional groups attached to an aromatic ring is 1. The smallest absolute Gasteiger partial charge is 0.326 e. The molecule has 0 saturated carbocycles. The molecule has 0 fully saturated rings. The van der Waals surface area contributed by atoms with Crippen molar-refractivity contribution in [1.29, 1.82) is 0 Å². The summed E-state index contributed by atoms with van der Waals surface area (Å²) in [6.07, 6.45) is 0. The Morgan fingerprint density at radius 2 is 1.05 bits per heavy atom. The predicted molar refractivity (Wildman–Crippen MR) is 230 cm³/mol. The second-order valence-corrected chi connectivity index (χ2v) is 15.9. The first kappa shape index (κ1) is 48.4. The monoisotopic (exact) mass is 881 g/mol. The molecule has 5 aromatic rings. The highest BCUT2D eigenvalue weighted by atomic mass is 16.6. The number of nitro benzene ring substituents is 2. The van der Waals surface area contributed by atoms with Gasteiger partial charge in [-0.05, 0) is 76.9 Å². The number of amidine groups is 1. The fraction of sp³-hybridized carbons (Fsp3) is 0.279. The Morgan fingerprint density at radius 1 is 0.672 bits per heavy atom. The van der Waals surface area contributed by atoms with Gasteiger partial charge in [0.25, 0.3) is 23.2 Å². The number of amides is 2. The number of benzene rings is 4. The van der Waals surface area contributed by atoms with Gasteiger partial charge in [-0.2, -0.15) is 4.98 Å². The lowest BCUT2D eigenvalue weighted by molar-refractivity contribution is -0.385. The number of rotatable bonds is 14. The Morgan fingerprint density at radius 3 is 1.38 bits per heavy atom. The standard InChI is InChI=1S/C22H23N5O6.C21H24N4O6/c1-22(2,3)32-18(28)13-26(20(29)16-8-10-17(11-9-16)27(30)31)12-14-4-6-15(7-5-14)19-24-21(23)33-25-19;1-21(2,3)31-18(26)13-24(12-14-4-6-15(7-5-14)19(22)23-28)20(27)16-8-10-17(11-9-16)25(29)30/h4-11H,12-13H2,1-3H3,(H2,23,24,25);4-11,28H,12-13H2,1-3H3,(H2,22,23). The number of aromatic nitrogens is 2. The van der Waals surface area contributed by atoms with Crippen molar-refractivity contribution in [2.75, 3.05) is 18.8 Å². The number of esters is 2. The quantitative estimate of drug-likeness (QED) is 0.0293. The van der Waals surface area contributed by atoms with Crippen LogP contribution in [0.4, 0.5) is 17.4 Å². The zero-order valence-electron chi connectivity index (χ0n) is 35.8. The molecule has 64 heavy (non-hydrogen) atoms. The Bertz CT molecular complexity index is 2470. The summed E-state index contributed by atoms with van der Waals surface area (Å²) in [5, 5.41) is 37.2. The van der Waals surface area contributed by atoms with Gasteiger partial charge >= 0.3 is 18.0 Å². The predicted octanol–water partition coefficient (Wildman–Crippen LogP) is 5.88. The summed E-state index contributed by atoms with van der Waals surface area (Å²) >= 11 is 0. The molecule has 0 spiro atoms. The normalized spacial score (nSPS) is 11.4. The minimum absolute atomic E-state index is 0.0497. The van der Waals surface area contributed by atoms with E-state index in [1.54, 1.807) is 90.1 Å². The Kier molecular flexibility index (Phi) is 15.9. The number of hydrogen-bond donors (Lipinski definition) is 3. The highest BCUT2D eigenvalue weighted by Gasteiger charge is 2.26. The molecule has 1 heterocycles. The Labute approximate surface area is 366 Å². The molecular formula is C43H47N9O12. The van der Waals surface area contributed by atoms with Gasteiger partial charge in [0.2, 0.25) is 5.82 Å². The molecule has 21 heteroatoms. The van der Waals surface area contributed by atoms with Crippen LogP contribution in [0.3, 0.4) is 0 Å². The number of ether oxygens (including phenoxy) is 2. The number of non-ortho nitro benzene ring substituents is 2. The van der Waals surface area contributed by atoms with Crippen molar-refractivity contribution in [3.8, 4) is 11.4 Å². The molecule has 2 amide bonds. The van der Waals surface area contributed by atoms with Crippen molar-refractivity contribution >= 4 is 47.0 Å². The van der Waals surface area contributed by atoms with Crippen LogP contribution in [0.5, 0.6) is 0 Å². The van der Waals surface area contributed by atoms with Crippen molar-refractivity contribution in [3.63, 3.8) is 0 Å². The van der Waals surface area contributed by atoms with E-state index in [0.29, 0.717) is 22.5 Å². The van der Waals surface area contributed by atoms with Gasteiger partial charge in [0, 0.05) is 59.6 Å². The van der Waals surface area contributed by atoms with Gasteiger partial charge in [0.1, 0.15) is 24.3 Å². The lowest BCUT2D eigenvalue weighted by Crippen LogP contribution is -2.38. The van der Waals surface area contributed by atoms with E-state index in [1.165, 1.54) is 58.3 Å². The minimum atomic E-state index is -0.720. The van der Waals surface area contributed by atoms with Gasteiger partial charge in [0.15, 0.2) is 5.84 Å². The van der Waals surface area contributed by atoms with Crippen LogP contribution in [0.2, 0.25) is 0 Å². The molecule has 0 saturated heterocycles. The third-order valence-corrected chi connectivity index (χ3v) is 8.46. The molecule has 0 atom stereocenters. The van der Waals surface area contributed by atoms with E-state index in [1.807, 2.05) is 0 Å². The van der Waals surface area contributed by atoms with Crippen molar-refractivity contribution in [2.24, 2.45) is 10.9 Å². The van der Waals surface area contributed by atoms with E-state index >= 15 is 0 Å². The largest absolute Gasteiger partial charge is 0.459 e. The zero-order valence-corrected chi connectivity index (χ0v) is 35.8. The molecule has 0 radical (unpaired) electrons. The van der Waals surface area contributed by atoms with Crippen LogP contribution in [0, 0.1) is 20.2 Å². The first-order valence-electron chi connectivity index (χ1n) is 19.3. The fourth-order valence-electron chi connectivity index (χ4n) is 5.67. The second-order valence-electron chi connectivity index (χ2n) is 15.9. The fourth-order valence-corrected chi connectivity index (χ4v) is 5.67. The molecule has 0 bridgehead atoms. The zero-order chi connectivity index (χ0) is 47.4. The summed E-state index contributed by atoms with van der Waals surface area (Å²) in [5.74, 6) is -1.84. The van der Waals surface area contributed by atoms with E-state index in [-0.39, 0.29) is 60.5 Å². The van der Waals surface area contributed by atoms with Crippen molar-refractivity contribution in [2.45, 2.75) is 65.8 Å². The van der Waals surface area contributed by atoms with Gasteiger partial charge in [-0.25, -0.2) is 0 Å². The molecule has 5 N–H and O–H groups in total. The van der Waals surface area contributed by atoms with Crippen molar-refractivity contribution in [3.05, 3.63) is 145 Å². The highest BCUT2D eigenvalue weighted by molar-refractivity contribution is 5.98. The van der Waals surface area contributed by atoms with E-state index in [9.17, 15) is 39.4 Å². The molecule has 5 rings (SSSR count). The highest BCUT2D eigenvalue weighted by Crippen LogP contribution is 2.21. The van der Waals surface area contributed by atoms with Crippen LogP contribution in [0.15, 0.2) is 107 Å². The summed E-state index contributed by atoms with van der Waals surface area (Å²) in [4.78, 5) is 78.1. The molecule has 21 nitrogen and oxygen atoms in total. The van der Waals surface area contributed by atoms with Crippen LogP contribution in [-0.2, 0) is 32.2 Å². The van der Waals surface area contributed by atoms with Gasteiger partial charge in [-0.1, -0.05) is 58.8 Å². The van der Waals surface area contributed by atoms with Crippen LogP contribution in [-0.4, -0.2) is 88.9 Å². The first-order valence-corrected chi connectivity index (χ1v) is 19.3. The number of nitro groups is 2. The van der Waals surface area contributed by atoms with E-state index in [2.05, 4.69) is 15.3 Å². The van der Waals surface area contributed by atoms with E-state index < -0.39 is 44.8 Å². The van der Waals surface area contributed by atoms with E-state index in [4.69, 9.17) is 30.7 Å². The summed E-state index contributed by atoms with van der Waals surface area (Å²) < 4.78 is 15.5. The summed E-state index contributed by atoms with van der Waals surface area (Å²) in [5.41, 5.74) is 12.3. The molecule has 336 valence electrons. The Balaban J connectivity index is 0.000000281. The minimum Gasteiger partial charge on any atom is -0.459 e. The average Bonchev–Trinajstić information content (AvgIpc) is 3.67. The summed E-state index contributed by atoms with van der Waals surface area (Å²) in [7, 11) is 0. The van der Waals surface area contributed by atoms with Crippen molar-refractivity contribution < 1.29 is 48.2 Å². The molecule has 0 unspecified atom stereocenters. The molecule has 0 aliphatic carbocycles. The molecule has 1 aromatic heterocycles. The summed E-state index contributed by atoms with van der Waals surface area (Å²) in [6.45, 7) is 9.93. The molecule has 4 aromatic carbocycles. The van der Waals surface area contributed by atoms with Crippen LogP contribution in [0.1, 0.15) is 78.9 Å². The lowest BCUT2D eigenvalue weighted by atomic mass is 10.1. The number of oxime groups is 1. The number of hydrogen-bond acceptors (Lipinski definition) is 16. The van der Waals surface area contributed by atoms with Gasteiger partial charge < -0.3 is 40.5 Å². The number of nitrogens with two attached hydrogens (primary N) is 2. The van der Waals surface area contributed by atoms with Gasteiger partial charge in [-0.15, -0.1) is 0 Å². The van der Waals surface area contributed by atoms with Crippen LogP contribution >= 0.6 is 0 Å². The molecule has 0 aliphatic heterocycles. The maximum Gasteiger partial charge on any atom is 0.326 e. The average molecular weight is 882 g/mol. The van der Waals surface area contributed by atoms with Gasteiger partial charge in [0.05, 0.1) is 9.85 Å². The number of nitrogens with zero attached hydrogens (tertiary/aromatic N) is 7. The first-order chi connectivity index (χ1) is 30.0. The third-order valence-electron chi connectivity index (χ3n) is 8.46. The maximum atomic E-state index is 13.1. The number of carbonyl (C=O) groups is 4. The maximum absolute atomic E-state index is 13.1. The SMILES string of the molecule is CC(C)(C)OC(=O)CN(Cc1ccc(-c2noc(N)n2)cc1)C(=O)c1ccc([N+](=O)[O-])cc1.CC(C)(C)OC(=O)CN(Cc1ccc(C(N)=NO)cc1)C(=O)c1ccc([N+](=O)[O-])cc1. The topological polar surface area (TPSA) is 303 Å². The molecular weight excluding hydrogens is 835 g/mol. The lowest BCUT2D eigenvalue weighted by Gasteiger charge is -2.25. The van der Waals surface area contributed by atoms with Crippen LogP contribution < -0.4 is 11.5 Å². The molecule has 0 aliphatic rings.